The molecule has 150 valence electrons. The van der Waals surface area contributed by atoms with E-state index in [1.807, 2.05) is 36.4 Å². The number of para-hydroxylation sites is 1. The van der Waals surface area contributed by atoms with E-state index in [-0.39, 0.29) is 5.60 Å². The second kappa shape index (κ2) is 8.71. The third kappa shape index (κ3) is 4.99. The minimum absolute atomic E-state index is 0.171. The summed E-state index contributed by atoms with van der Waals surface area (Å²) in [5.74, 6) is 2.35. The molecule has 1 aliphatic heterocycles. The normalized spacial score (nSPS) is 17.2. The predicted octanol–water partition coefficient (Wildman–Crippen LogP) is 5.67. The first kappa shape index (κ1) is 19.5. The van der Waals surface area contributed by atoms with E-state index in [2.05, 4.69) is 61.6 Å². The highest BCUT2D eigenvalue weighted by atomic mass is 16.5. The lowest BCUT2D eigenvalue weighted by Gasteiger charge is -2.38. The van der Waals surface area contributed by atoms with E-state index in [9.17, 15) is 0 Å². The first-order valence-electron chi connectivity index (χ1n) is 10.4. The first-order valence-corrected chi connectivity index (χ1v) is 10.4. The summed E-state index contributed by atoms with van der Waals surface area (Å²) in [7, 11) is 0. The van der Waals surface area contributed by atoms with Crippen LogP contribution >= 0.6 is 0 Å². The van der Waals surface area contributed by atoms with Crippen molar-refractivity contribution < 1.29 is 9.47 Å². The van der Waals surface area contributed by atoms with Crippen molar-refractivity contribution in [2.45, 2.75) is 31.8 Å². The van der Waals surface area contributed by atoms with Crippen LogP contribution in [0.5, 0.6) is 11.5 Å². The summed E-state index contributed by atoms with van der Waals surface area (Å²) in [5, 5.41) is 3.57. The lowest BCUT2D eigenvalue weighted by atomic mass is 9.83. The van der Waals surface area contributed by atoms with Gasteiger partial charge in [0.15, 0.2) is 0 Å². The molecular weight excluding hydrogens is 358 g/mol. The number of ether oxygens (including phenoxy) is 2. The van der Waals surface area contributed by atoms with Gasteiger partial charge in [0, 0.05) is 19.0 Å². The van der Waals surface area contributed by atoms with Crippen LogP contribution in [0.4, 0.5) is 0 Å². The zero-order chi connectivity index (χ0) is 20.1. The van der Waals surface area contributed by atoms with Crippen molar-refractivity contribution >= 4 is 0 Å². The zero-order valence-corrected chi connectivity index (χ0v) is 17.2. The van der Waals surface area contributed by atoms with Gasteiger partial charge in [-0.25, -0.2) is 0 Å². The summed E-state index contributed by atoms with van der Waals surface area (Å²) in [6.45, 7) is 6.76. The van der Waals surface area contributed by atoms with Gasteiger partial charge in [-0.15, -0.1) is 0 Å². The summed E-state index contributed by atoms with van der Waals surface area (Å²) in [6, 6.07) is 27.1. The first-order chi connectivity index (χ1) is 14.1. The third-order valence-corrected chi connectivity index (χ3v) is 5.37. The molecular formula is C26H29NO2. The largest absolute Gasteiger partial charge is 0.492 e. The van der Waals surface area contributed by atoms with Crippen molar-refractivity contribution in [2.75, 3.05) is 19.7 Å². The zero-order valence-electron chi connectivity index (χ0n) is 17.2. The van der Waals surface area contributed by atoms with Crippen LogP contribution in [0.3, 0.4) is 0 Å². The molecule has 3 aromatic carbocycles. The SMILES string of the molecule is CC1(C)CC(CNCCOc2ccccc2)c2ccc(-c3ccccc3)cc2O1. The van der Waals surface area contributed by atoms with Crippen LogP contribution in [0, 0.1) is 0 Å². The summed E-state index contributed by atoms with van der Waals surface area (Å²) in [6.07, 6.45) is 0.997. The molecule has 1 aliphatic rings. The lowest BCUT2D eigenvalue weighted by Crippen LogP contribution is -2.38. The van der Waals surface area contributed by atoms with Crippen molar-refractivity contribution in [3.8, 4) is 22.6 Å². The van der Waals surface area contributed by atoms with Crippen molar-refractivity contribution in [3.05, 3.63) is 84.4 Å². The number of nitrogens with one attached hydrogen (secondary N) is 1. The van der Waals surface area contributed by atoms with E-state index in [0.29, 0.717) is 12.5 Å². The Hall–Kier alpha value is -2.78. The Morgan fingerprint density at radius 1 is 0.931 bits per heavy atom. The molecule has 1 atom stereocenters. The Morgan fingerprint density at radius 3 is 2.41 bits per heavy atom. The molecule has 1 N–H and O–H groups in total. The highest BCUT2D eigenvalue weighted by molar-refractivity contribution is 5.66. The molecule has 0 bridgehead atoms. The maximum atomic E-state index is 6.34. The Balaban J connectivity index is 1.40. The summed E-state index contributed by atoms with van der Waals surface area (Å²) >= 11 is 0. The Bertz CT molecular complexity index is 922. The molecule has 1 unspecified atom stereocenters. The van der Waals surface area contributed by atoms with Gasteiger partial charge in [0.05, 0.1) is 0 Å². The maximum Gasteiger partial charge on any atom is 0.124 e. The number of fused-ring (bicyclic) bond motifs is 1. The third-order valence-electron chi connectivity index (χ3n) is 5.37. The Labute approximate surface area is 173 Å². The number of hydrogen-bond donors (Lipinski definition) is 1. The van der Waals surface area contributed by atoms with Gasteiger partial charge in [0.2, 0.25) is 0 Å². The molecule has 0 aromatic heterocycles. The number of rotatable bonds is 7. The van der Waals surface area contributed by atoms with Crippen LogP contribution in [0.25, 0.3) is 11.1 Å². The molecule has 0 radical (unpaired) electrons. The van der Waals surface area contributed by atoms with E-state index in [1.54, 1.807) is 0 Å². The molecule has 3 heteroatoms. The topological polar surface area (TPSA) is 30.5 Å². The Kier molecular flexibility index (Phi) is 5.86. The van der Waals surface area contributed by atoms with E-state index >= 15 is 0 Å². The number of benzene rings is 3. The van der Waals surface area contributed by atoms with Gasteiger partial charge in [0.25, 0.3) is 0 Å². The van der Waals surface area contributed by atoms with Gasteiger partial charge in [-0.1, -0.05) is 60.7 Å². The average molecular weight is 388 g/mol. The minimum atomic E-state index is -0.171. The summed E-state index contributed by atoms with van der Waals surface area (Å²) in [5.41, 5.74) is 3.54. The van der Waals surface area contributed by atoms with Gasteiger partial charge in [-0.3, -0.25) is 0 Å². The molecule has 0 saturated carbocycles. The molecule has 1 heterocycles. The van der Waals surface area contributed by atoms with Crippen molar-refractivity contribution in [3.63, 3.8) is 0 Å². The standard InChI is InChI=1S/C26H29NO2/c1-26(2)18-22(19-27-15-16-28-23-11-7-4-8-12-23)24-14-13-21(17-25(24)29-26)20-9-5-3-6-10-20/h3-14,17,22,27H,15-16,18-19H2,1-2H3. The van der Waals surface area contributed by atoms with Crippen LogP contribution in [-0.4, -0.2) is 25.3 Å². The molecule has 0 fully saturated rings. The van der Waals surface area contributed by atoms with Gasteiger partial charge >= 0.3 is 0 Å². The van der Waals surface area contributed by atoms with Gasteiger partial charge in [-0.2, -0.15) is 0 Å². The molecule has 0 aliphatic carbocycles. The maximum absolute atomic E-state index is 6.34. The molecule has 29 heavy (non-hydrogen) atoms. The molecule has 3 aromatic rings. The van der Waals surface area contributed by atoms with Crippen LogP contribution in [0.15, 0.2) is 78.9 Å². The van der Waals surface area contributed by atoms with Crippen molar-refractivity contribution in [1.82, 2.24) is 5.32 Å². The highest BCUT2D eigenvalue weighted by Gasteiger charge is 2.33. The van der Waals surface area contributed by atoms with Crippen LogP contribution in [-0.2, 0) is 0 Å². The van der Waals surface area contributed by atoms with Gasteiger partial charge in [0.1, 0.15) is 23.7 Å². The smallest absolute Gasteiger partial charge is 0.124 e. The molecule has 3 nitrogen and oxygen atoms in total. The summed E-state index contributed by atoms with van der Waals surface area (Å²) in [4.78, 5) is 0. The van der Waals surface area contributed by atoms with Crippen LogP contribution < -0.4 is 14.8 Å². The molecule has 0 amide bonds. The second-order valence-electron chi connectivity index (χ2n) is 8.25. The quantitative estimate of drug-likeness (QED) is 0.530. The second-order valence-corrected chi connectivity index (χ2v) is 8.25. The fourth-order valence-corrected chi connectivity index (χ4v) is 4.03. The van der Waals surface area contributed by atoms with E-state index in [0.717, 1.165) is 31.0 Å². The molecule has 0 spiro atoms. The lowest BCUT2D eigenvalue weighted by molar-refractivity contribution is 0.0717. The van der Waals surface area contributed by atoms with E-state index in [1.165, 1.54) is 16.7 Å². The van der Waals surface area contributed by atoms with Crippen molar-refractivity contribution in [1.29, 1.82) is 0 Å². The highest BCUT2D eigenvalue weighted by Crippen LogP contribution is 2.42. The van der Waals surface area contributed by atoms with Crippen LogP contribution in [0.2, 0.25) is 0 Å². The average Bonchev–Trinajstić information content (AvgIpc) is 2.73. The summed E-state index contributed by atoms with van der Waals surface area (Å²) < 4.78 is 12.1. The Morgan fingerprint density at radius 2 is 1.66 bits per heavy atom. The molecule has 0 saturated heterocycles. The van der Waals surface area contributed by atoms with Gasteiger partial charge < -0.3 is 14.8 Å². The van der Waals surface area contributed by atoms with E-state index < -0.39 is 0 Å². The van der Waals surface area contributed by atoms with Gasteiger partial charge in [-0.05, 0) is 55.2 Å². The fraction of sp³-hybridized carbons (Fsp3) is 0.308. The van der Waals surface area contributed by atoms with Crippen molar-refractivity contribution in [2.24, 2.45) is 0 Å². The number of hydrogen-bond acceptors (Lipinski definition) is 3. The van der Waals surface area contributed by atoms with E-state index in [4.69, 9.17) is 9.47 Å². The minimum Gasteiger partial charge on any atom is -0.492 e. The fourth-order valence-electron chi connectivity index (χ4n) is 4.03. The predicted molar refractivity (Wildman–Crippen MR) is 119 cm³/mol. The monoisotopic (exact) mass is 387 g/mol. The van der Waals surface area contributed by atoms with Crippen LogP contribution in [0.1, 0.15) is 31.7 Å². The molecule has 4 rings (SSSR count).